The molecule has 0 fully saturated rings. The Morgan fingerprint density at radius 3 is 2.26 bits per heavy atom. The molecule has 4 N–H and O–H groups in total. The fourth-order valence-electron chi connectivity index (χ4n) is 2.60. The summed E-state index contributed by atoms with van der Waals surface area (Å²) in [6, 6.07) is 18.1. The van der Waals surface area contributed by atoms with Crippen LogP contribution in [0.3, 0.4) is 0 Å². The summed E-state index contributed by atoms with van der Waals surface area (Å²) in [6.07, 6.45) is 3.18. The molecule has 0 aliphatic carbocycles. The van der Waals surface area contributed by atoms with Crippen LogP contribution < -0.4 is 10.5 Å². The molecule has 2 aromatic rings. The molecule has 148 valence electrons. The SMILES string of the molecule is C[C@@](N)(CCc1ccc(OCCCc2ccccc2)cc1)COP(=O)(O)O. The molecule has 0 saturated heterocycles. The van der Waals surface area contributed by atoms with Crippen LogP contribution >= 0.6 is 7.82 Å². The third-order valence-electron chi connectivity index (χ3n) is 4.19. The van der Waals surface area contributed by atoms with Crippen molar-refractivity contribution in [1.82, 2.24) is 0 Å². The molecule has 27 heavy (non-hydrogen) atoms. The van der Waals surface area contributed by atoms with Crippen molar-refractivity contribution in [2.45, 2.75) is 38.1 Å². The number of phosphoric ester groups is 1. The lowest BCUT2D eigenvalue weighted by molar-refractivity contribution is 0.154. The van der Waals surface area contributed by atoms with E-state index in [1.807, 2.05) is 42.5 Å². The van der Waals surface area contributed by atoms with E-state index in [1.54, 1.807) is 6.92 Å². The molecule has 0 bridgehead atoms. The highest BCUT2D eigenvalue weighted by atomic mass is 31.2. The van der Waals surface area contributed by atoms with Gasteiger partial charge in [-0.25, -0.2) is 4.57 Å². The summed E-state index contributed by atoms with van der Waals surface area (Å²) in [4.78, 5) is 17.5. The topological polar surface area (TPSA) is 102 Å². The van der Waals surface area contributed by atoms with Crippen molar-refractivity contribution in [3.63, 3.8) is 0 Å². The van der Waals surface area contributed by atoms with Gasteiger partial charge in [-0.15, -0.1) is 0 Å². The van der Waals surface area contributed by atoms with E-state index in [-0.39, 0.29) is 6.61 Å². The van der Waals surface area contributed by atoms with Crippen LogP contribution in [0.15, 0.2) is 54.6 Å². The summed E-state index contributed by atoms with van der Waals surface area (Å²) >= 11 is 0. The second-order valence-corrected chi connectivity index (χ2v) is 8.24. The van der Waals surface area contributed by atoms with Crippen molar-refractivity contribution in [3.05, 3.63) is 65.7 Å². The lowest BCUT2D eigenvalue weighted by atomic mass is 9.95. The molecule has 0 aromatic heterocycles. The van der Waals surface area contributed by atoms with Gasteiger partial charge in [0.15, 0.2) is 0 Å². The Hall–Kier alpha value is -1.69. The molecule has 0 spiro atoms. The van der Waals surface area contributed by atoms with Gasteiger partial charge in [-0.3, -0.25) is 4.52 Å². The zero-order valence-electron chi connectivity index (χ0n) is 15.6. The molecular formula is C20H28NO5P. The van der Waals surface area contributed by atoms with E-state index in [0.29, 0.717) is 19.4 Å². The fraction of sp³-hybridized carbons (Fsp3) is 0.400. The maximum atomic E-state index is 10.8. The second-order valence-electron chi connectivity index (χ2n) is 7.00. The van der Waals surface area contributed by atoms with E-state index < -0.39 is 13.4 Å². The number of phosphoric acid groups is 1. The van der Waals surface area contributed by atoms with E-state index >= 15 is 0 Å². The number of nitrogens with two attached hydrogens (primary N) is 1. The molecule has 2 rings (SSSR count). The number of ether oxygens (including phenoxy) is 1. The Labute approximate surface area is 160 Å². The first-order valence-corrected chi connectivity index (χ1v) is 10.5. The first-order valence-electron chi connectivity index (χ1n) is 8.98. The minimum absolute atomic E-state index is 0.195. The summed E-state index contributed by atoms with van der Waals surface area (Å²) < 4.78 is 21.1. The summed E-state index contributed by atoms with van der Waals surface area (Å²) in [5, 5.41) is 0. The van der Waals surface area contributed by atoms with Crippen molar-refractivity contribution in [1.29, 1.82) is 0 Å². The molecule has 0 aliphatic rings. The fourth-order valence-corrected chi connectivity index (χ4v) is 3.06. The summed E-state index contributed by atoms with van der Waals surface area (Å²) in [5.41, 5.74) is 7.62. The average Bonchev–Trinajstić information content (AvgIpc) is 2.63. The Kier molecular flexibility index (Phi) is 8.02. The van der Waals surface area contributed by atoms with Crippen LogP contribution in [0.25, 0.3) is 0 Å². The lowest BCUT2D eigenvalue weighted by Gasteiger charge is -2.24. The highest BCUT2D eigenvalue weighted by Gasteiger charge is 2.24. The molecular weight excluding hydrogens is 365 g/mol. The predicted molar refractivity (Wildman–Crippen MR) is 106 cm³/mol. The highest BCUT2D eigenvalue weighted by molar-refractivity contribution is 7.46. The van der Waals surface area contributed by atoms with Crippen molar-refractivity contribution < 1.29 is 23.6 Å². The van der Waals surface area contributed by atoms with E-state index in [4.69, 9.17) is 20.3 Å². The number of hydrogen-bond acceptors (Lipinski definition) is 4. The maximum Gasteiger partial charge on any atom is 0.469 e. The van der Waals surface area contributed by atoms with Gasteiger partial charge in [0, 0.05) is 5.54 Å². The molecule has 0 saturated carbocycles. The van der Waals surface area contributed by atoms with Crippen molar-refractivity contribution in [3.8, 4) is 5.75 Å². The van der Waals surface area contributed by atoms with Gasteiger partial charge in [-0.05, 0) is 55.9 Å². The Morgan fingerprint density at radius 1 is 1.00 bits per heavy atom. The Balaban J connectivity index is 1.70. The van der Waals surface area contributed by atoms with Crippen LogP contribution in [0.4, 0.5) is 0 Å². The van der Waals surface area contributed by atoms with Crippen LogP contribution in [0.2, 0.25) is 0 Å². The quantitative estimate of drug-likeness (QED) is 0.399. The van der Waals surface area contributed by atoms with E-state index in [0.717, 1.165) is 24.2 Å². The number of hydrogen-bond donors (Lipinski definition) is 3. The van der Waals surface area contributed by atoms with Gasteiger partial charge in [0.25, 0.3) is 0 Å². The van der Waals surface area contributed by atoms with Crippen LogP contribution in [-0.2, 0) is 21.9 Å². The first kappa shape index (κ1) is 21.6. The van der Waals surface area contributed by atoms with E-state index in [2.05, 4.69) is 16.7 Å². The van der Waals surface area contributed by atoms with Crippen LogP contribution in [0.5, 0.6) is 5.75 Å². The number of rotatable bonds is 11. The monoisotopic (exact) mass is 393 g/mol. The third-order valence-corrected chi connectivity index (χ3v) is 4.66. The molecule has 2 aromatic carbocycles. The molecule has 0 aliphatic heterocycles. The number of aryl methyl sites for hydroxylation is 2. The zero-order valence-corrected chi connectivity index (χ0v) is 16.5. The minimum Gasteiger partial charge on any atom is -0.494 e. The van der Waals surface area contributed by atoms with Crippen molar-refractivity contribution in [2.24, 2.45) is 5.73 Å². The van der Waals surface area contributed by atoms with Gasteiger partial charge in [0.1, 0.15) is 5.75 Å². The van der Waals surface area contributed by atoms with E-state index in [1.165, 1.54) is 5.56 Å². The summed E-state index contributed by atoms with van der Waals surface area (Å²) in [7, 11) is -4.49. The molecule has 0 heterocycles. The van der Waals surface area contributed by atoms with Gasteiger partial charge in [-0.2, -0.15) is 0 Å². The van der Waals surface area contributed by atoms with Gasteiger partial charge >= 0.3 is 7.82 Å². The second kappa shape index (κ2) is 10.0. The zero-order chi connectivity index (χ0) is 19.8. The van der Waals surface area contributed by atoms with Gasteiger partial charge in [0.05, 0.1) is 13.2 Å². The molecule has 1 atom stereocenters. The van der Waals surface area contributed by atoms with Gasteiger partial charge < -0.3 is 20.3 Å². The summed E-state index contributed by atoms with van der Waals surface area (Å²) in [6.45, 7) is 2.18. The molecule has 0 radical (unpaired) electrons. The predicted octanol–water partition coefficient (Wildman–Crippen LogP) is 3.46. The van der Waals surface area contributed by atoms with Gasteiger partial charge in [0.2, 0.25) is 0 Å². The van der Waals surface area contributed by atoms with Crippen molar-refractivity contribution >= 4 is 7.82 Å². The smallest absolute Gasteiger partial charge is 0.469 e. The molecule has 0 unspecified atom stereocenters. The molecule has 6 nitrogen and oxygen atoms in total. The highest BCUT2D eigenvalue weighted by Crippen LogP contribution is 2.36. The van der Waals surface area contributed by atoms with Crippen molar-refractivity contribution in [2.75, 3.05) is 13.2 Å². The van der Waals surface area contributed by atoms with Gasteiger partial charge in [-0.1, -0.05) is 42.5 Å². The Morgan fingerprint density at radius 2 is 1.63 bits per heavy atom. The van der Waals surface area contributed by atoms with Crippen LogP contribution in [0.1, 0.15) is 30.9 Å². The average molecular weight is 393 g/mol. The minimum atomic E-state index is -4.49. The number of benzene rings is 2. The van der Waals surface area contributed by atoms with E-state index in [9.17, 15) is 4.57 Å². The Bertz CT molecular complexity index is 728. The molecule has 0 amide bonds. The lowest BCUT2D eigenvalue weighted by Crippen LogP contribution is -2.41. The standard InChI is InChI=1S/C20H28NO5P/c1-20(21,16-26-27(22,23)24)14-13-18-9-11-19(12-10-18)25-15-5-8-17-6-3-2-4-7-17/h2-4,6-7,9-12H,5,8,13-16,21H2,1H3,(H2,22,23,24)/t20-/m1/s1. The van der Waals surface area contributed by atoms with Crippen LogP contribution in [-0.4, -0.2) is 28.5 Å². The van der Waals surface area contributed by atoms with Crippen LogP contribution in [0, 0.1) is 0 Å². The first-order chi connectivity index (χ1) is 12.7. The third kappa shape index (κ3) is 9.18. The normalized spacial score (nSPS) is 13.9. The maximum absolute atomic E-state index is 10.8. The summed E-state index contributed by atoms with van der Waals surface area (Å²) in [5.74, 6) is 0.826. The molecule has 7 heteroatoms. The largest absolute Gasteiger partial charge is 0.494 e.